The molecule has 2 aromatic carbocycles. The second-order valence-electron chi connectivity index (χ2n) is 9.01. The molecule has 194 valence electrons. The Kier molecular flexibility index (Phi) is 7.28. The van der Waals surface area contributed by atoms with E-state index in [4.69, 9.17) is 9.47 Å². The van der Waals surface area contributed by atoms with Crippen molar-refractivity contribution in [2.45, 2.75) is 26.4 Å². The van der Waals surface area contributed by atoms with Gasteiger partial charge in [-0.1, -0.05) is 18.2 Å². The van der Waals surface area contributed by atoms with Crippen LogP contribution < -0.4 is 20.1 Å². The quantitative estimate of drug-likeness (QED) is 0.390. The van der Waals surface area contributed by atoms with Crippen LogP contribution in [0.5, 0.6) is 11.5 Å². The van der Waals surface area contributed by atoms with Gasteiger partial charge in [0.05, 0.1) is 23.9 Å². The molecule has 2 N–H and O–H groups in total. The number of nitrogens with one attached hydrogen (secondary N) is 2. The molecule has 4 rings (SSSR count). The van der Waals surface area contributed by atoms with E-state index in [2.05, 4.69) is 20.4 Å². The number of hydrogen-bond acceptors (Lipinski definition) is 7. The average molecular weight is 514 g/mol. The SMILES string of the molecule is COC(=O)C(C)(C)COc1ccc(-c2ccc(C3NC=C(c4ccccc4OC(F)(F)F)N3)cn2)cc1. The first-order valence-electron chi connectivity index (χ1n) is 11.4. The third-order valence-electron chi connectivity index (χ3n) is 5.70. The molecule has 0 spiro atoms. The second-order valence-corrected chi connectivity index (χ2v) is 9.01. The fraction of sp³-hybridized carbons (Fsp3) is 0.259. The van der Waals surface area contributed by atoms with Gasteiger partial charge in [-0.25, -0.2) is 0 Å². The van der Waals surface area contributed by atoms with Crippen molar-refractivity contribution in [2.24, 2.45) is 5.41 Å². The lowest BCUT2D eigenvalue weighted by molar-refractivity contribution is -0.274. The summed E-state index contributed by atoms with van der Waals surface area (Å²) < 4.78 is 53.0. The fourth-order valence-corrected chi connectivity index (χ4v) is 3.71. The smallest absolute Gasteiger partial charge is 0.492 e. The zero-order chi connectivity index (χ0) is 26.6. The Morgan fingerprint density at radius 2 is 1.76 bits per heavy atom. The zero-order valence-corrected chi connectivity index (χ0v) is 20.4. The summed E-state index contributed by atoms with van der Waals surface area (Å²) in [7, 11) is 1.35. The number of carbonyl (C=O) groups is 1. The number of pyridine rings is 1. The van der Waals surface area contributed by atoms with Gasteiger partial charge in [0.15, 0.2) is 0 Å². The van der Waals surface area contributed by atoms with Gasteiger partial charge in [-0.15, -0.1) is 13.2 Å². The van der Waals surface area contributed by atoms with Gasteiger partial charge in [0.2, 0.25) is 0 Å². The highest BCUT2D eigenvalue weighted by molar-refractivity contribution is 5.76. The highest BCUT2D eigenvalue weighted by atomic mass is 19.4. The predicted molar refractivity (Wildman–Crippen MR) is 131 cm³/mol. The number of nitrogens with zero attached hydrogens (tertiary/aromatic N) is 1. The first-order chi connectivity index (χ1) is 17.6. The maximum atomic E-state index is 12.8. The minimum atomic E-state index is -4.79. The summed E-state index contributed by atoms with van der Waals surface area (Å²) in [6.07, 6.45) is -1.86. The number of ether oxygens (including phenoxy) is 3. The van der Waals surface area contributed by atoms with Crippen LogP contribution in [0.2, 0.25) is 0 Å². The van der Waals surface area contributed by atoms with Crippen molar-refractivity contribution in [3.05, 3.63) is 84.2 Å². The molecule has 0 bridgehead atoms. The molecule has 1 unspecified atom stereocenters. The number of alkyl halides is 3. The van der Waals surface area contributed by atoms with E-state index in [-0.39, 0.29) is 30.1 Å². The van der Waals surface area contributed by atoms with Gasteiger partial charge in [0, 0.05) is 29.1 Å². The molecule has 2 heterocycles. The van der Waals surface area contributed by atoms with Gasteiger partial charge < -0.3 is 24.8 Å². The van der Waals surface area contributed by atoms with Crippen LogP contribution >= 0.6 is 0 Å². The lowest BCUT2D eigenvalue weighted by atomic mass is 9.95. The predicted octanol–water partition coefficient (Wildman–Crippen LogP) is 5.42. The van der Waals surface area contributed by atoms with E-state index in [9.17, 15) is 18.0 Å². The molecule has 0 saturated carbocycles. The third-order valence-corrected chi connectivity index (χ3v) is 5.70. The number of benzene rings is 2. The van der Waals surface area contributed by atoms with Gasteiger partial charge in [-0.3, -0.25) is 9.78 Å². The van der Waals surface area contributed by atoms with Crippen LogP contribution in [0.1, 0.15) is 31.1 Å². The topological polar surface area (TPSA) is 81.7 Å². The largest absolute Gasteiger partial charge is 0.573 e. The third kappa shape index (κ3) is 6.32. The molecule has 7 nitrogen and oxygen atoms in total. The molecule has 1 aliphatic rings. The monoisotopic (exact) mass is 513 g/mol. The van der Waals surface area contributed by atoms with Crippen LogP contribution in [-0.2, 0) is 9.53 Å². The maximum Gasteiger partial charge on any atom is 0.573 e. The van der Waals surface area contributed by atoms with E-state index in [0.717, 1.165) is 16.8 Å². The molecule has 1 atom stereocenters. The molecular formula is C27H26F3N3O4. The Bertz CT molecular complexity index is 1270. The fourth-order valence-electron chi connectivity index (χ4n) is 3.71. The molecule has 1 aromatic heterocycles. The van der Waals surface area contributed by atoms with Crippen molar-refractivity contribution in [3.63, 3.8) is 0 Å². The molecule has 0 saturated heterocycles. The van der Waals surface area contributed by atoms with E-state index in [0.29, 0.717) is 11.4 Å². The molecule has 37 heavy (non-hydrogen) atoms. The minimum absolute atomic E-state index is 0.177. The second kappa shape index (κ2) is 10.4. The summed E-state index contributed by atoms with van der Waals surface area (Å²) in [6, 6.07) is 17.0. The molecule has 3 aromatic rings. The van der Waals surface area contributed by atoms with Crippen molar-refractivity contribution in [1.82, 2.24) is 15.6 Å². The lowest BCUT2D eigenvalue weighted by Crippen LogP contribution is -2.32. The molecule has 0 radical (unpaired) electrons. The minimum Gasteiger partial charge on any atom is -0.492 e. The van der Waals surface area contributed by atoms with Crippen LogP contribution in [0.4, 0.5) is 13.2 Å². The summed E-state index contributed by atoms with van der Waals surface area (Å²) in [5, 5.41) is 6.28. The van der Waals surface area contributed by atoms with Gasteiger partial charge in [0.25, 0.3) is 0 Å². The van der Waals surface area contributed by atoms with Crippen LogP contribution in [0.3, 0.4) is 0 Å². The Morgan fingerprint density at radius 3 is 2.41 bits per heavy atom. The number of carbonyl (C=O) groups excluding carboxylic acids is 1. The normalized spacial score (nSPS) is 15.3. The molecule has 0 fully saturated rings. The molecule has 0 amide bonds. The van der Waals surface area contributed by atoms with Crippen LogP contribution in [0.15, 0.2) is 73.1 Å². The van der Waals surface area contributed by atoms with Crippen molar-refractivity contribution in [2.75, 3.05) is 13.7 Å². The van der Waals surface area contributed by atoms with Gasteiger partial charge in [-0.2, -0.15) is 0 Å². The standard InChI is InChI=1S/C27H26F3N3O4/c1-26(2,25(34)35-3)16-36-19-11-8-17(9-12-19)21-13-10-18(14-31-21)24-32-15-22(33-24)20-6-4-5-7-23(20)37-27(28,29)30/h4-15,24,32-33H,16H2,1-3H3. The summed E-state index contributed by atoms with van der Waals surface area (Å²) in [4.78, 5) is 16.3. The Labute approximate surface area is 212 Å². The van der Waals surface area contributed by atoms with Crippen LogP contribution in [-0.4, -0.2) is 31.0 Å². The van der Waals surface area contributed by atoms with E-state index < -0.39 is 11.8 Å². The highest BCUT2D eigenvalue weighted by Gasteiger charge is 2.33. The molecular weight excluding hydrogens is 487 g/mol. The summed E-state index contributed by atoms with van der Waals surface area (Å²) >= 11 is 0. The van der Waals surface area contributed by atoms with E-state index in [1.54, 1.807) is 50.5 Å². The number of esters is 1. The number of rotatable bonds is 8. The van der Waals surface area contributed by atoms with Crippen LogP contribution in [0.25, 0.3) is 17.0 Å². The molecule has 10 heteroatoms. The lowest BCUT2D eigenvalue weighted by Gasteiger charge is -2.21. The Balaban J connectivity index is 1.39. The van der Waals surface area contributed by atoms with E-state index in [1.807, 2.05) is 24.3 Å². The first-order valence-corrected chi connectivity index (χ1v) is 11.4. The average Bonchev–Trinajstić information content (AvgIpc) is 3.37. The Hall–Kier alpha value is -4.21. The summed E-state index contributed by atoms with van der Waals surface area (Å²) in [5.74, 6) is -0.0168. The van der Waals surface area contributed by atoms with Crippen molar-refractivity contribution >= 4 is 11.7 Å². The number of halogens is 3. The van der Waals surface area contributed by atoms with Gasteiger partial charge in [0.1, 0.15) is 24.3 Å². The number of methoxy groups -OCH3 is 1. The Morgan fingerprint density at radius 1 is 1.03 bits per heavy atom. The van der Waals surface area contributed by atoms with E-state index >= 15 is 0 Å². The van der Waals surface area contributed by atoms with Gasteiger partial charge >= 0.3 is 12.3 Å². The van der Waals surface area contributed by atoms with Crippen molar-refractivity contribution in [3.8, 4) is 22.8 Å². The van der Waals surface area contributed by atoms with Crippen molar-refractivity contribution < 1.29 is 32.2 Å². The number of aromatic nitrogens is 1. The number of para-hydroxylation sites is 1. The highest BCUT2D eigenvalue weighted by Crippen LogP contribution is 2.33. The first kappa shape index (κ1) is 25.9. The summed E-state index contributed by atoms with van der Waals surface area (Å²) in [5.41, 5.74) is 2.40. The van der Waals surface area contributed by atoms with Crippen LogP contribution in [0, 0.1) is 5.41 Å². The van der Waals surface area contributed by atoms with E-state index in [1.165, 1.54) is 19.2 Å². The zero-order valence-electron chi connectivity index (χ0n) is 20.4. The maximum absolute atomic E-state index is 12.8. The summed E-state index contributed by atoms with van der Waals surface area (Å²) in [6.45, 7) is 3.68. The number of hydrogen-bond donors (Lipinski definition) is 2. The van der Waals surface area contributed by atoms with Gasteiger partial charge in [-0.05, 0) is 56.3 Å². The molecule has 0 aliphatic carbocycles. The molecule has 1 aliphatic heterocycles. The van der Waals surface area contributed by atoms with Crippen molar-refractivity contribution in [1.29, 1.82) is 0 Å².